The Morgan fingerprint density at radius 1 is 1.06 bits per heavy atom. The highest BCUT2D eigenvalue weighted by atomic mass is 16.5. The van der Waals surface area contributed by atoms with Crippen LogP contribution in [0.4, 0.5) is 5.69 Å². The molecule has 1 fully saturated rings. The quantitative estimate of drug-likeness (QED) is 0.779. The SMILES string of the molecule is COc1cc(C)cc(C)c1N1CCN(C)CC1. The number of aryl methyl sites for hydroxylation is 2. The van der Waals surface area contributed by atoms with E-state index in [0.717, 1.165) is 31.9 Å². The number of likely N-dealkylation sites (N-methyl/N-ethyl adjacent to an activating group) is 1. The summed E-state index contributed by atoms with van der Waals surface area (Å²) in [5, 5.41) is 0. The minimum Gasteiger partial charge on any atom is -0.495 e. The summed E-state index contributed by atoms with van der Waals surface area (Å²) in [6, 6.07) is 4.36. The van der Waals surface area contributed by atoms with Gasteiger partial charge in [-0.3, -0.25) is 0 Å². The first kappa shape index (κ1) is 12.2. The lowest BCUT2D eigenvalue weighted by Gasteiger charge is -2.35. The van der Waals surface area contributed by atoms with Crippen molar-refractivity contribution < 1.29 is 4.74 Å². The Kier molecular flexibility index (Phi) is 3.57. The van der Waals surface area contributed by atoms with E-state index in [2.05, 4.69) is 42.8 Å². The van der Waals surface area contributed by atoms with Crippen molar-refractivity contribution in [2.75, 3.05) is 45.2 Å². The fraction of sp³-hybridized carbons (Fsp3) is 0.571. The smallest absolute Gasteiger partial charge is 0.142 e. The van der Waals surface area contributed by atoms with Gasteiger partial charge >= 0.3 is 0 Å². The van der Waals surface area contributed by atoms with Gasteiger partial charge in [0.1, 0.15) is 5.75 Å². The molecule has 0 aromatic heterocycles. The summed E-state index contributed by atoms with van der Waals surface area (Å²) in [6.07, 6.45) is 0. The third-order valence-electron chi connectivity index (χ3n) is 3.45. The molecule has 3 nitrogen and oxygen atoms in total. The standard InChI is InChI=1S/C14H22N2O/c1-11-9-12(2)14(13(10-11)17-4)16-7-5-15(3)6-8-16/h9-10H,5-8H2,1-4H3. The van der Waals surface area contributed by atoms with Crippen molar-refractivity contribution in [1.82, 2.24) is 4.90 Å². The van der Waals surface area contributed by atoms with Gasteiger partial charge in [-0.1, -0.05) is 6.07 Å². The second-order valence-electron chi connectivity index (χ2n) is 4.92. The van der Waals surface area contributed by atoms with Gasteiger partial charge in [-0.2, -0.15) is 0 Å². The van der Waals surface area contributed by atoms with Crippen LogP contribution < -0.4 is 9.64 Å². The van der Waals surface area contributed by atoms with Crippen LogP contribution in [0.1, 0.15) is 11.1 Å². The number of hydrogen-bond donors (Lipinski definition) is 0. The molecule has 0 spiro atoms. The Bertz CT molecular complexity index is 395. The molecule has 17 heavy (non-hydrogen) atoms. The van der Waals surface area contributed by atoms with Gasteiger partial charge in [0.15, 0.2) is 0 Å². The fourth-order valence-electron chi connectivity index (χ4n) is 2.51. The molecule has 1 aliphatic heterocycles. The van der Waals surface area contributed by atoms with Gasteiger partial charge in [-0.05, 0) is 38.1 Å². The van der Waals surface area contributed by atoms with Crippen LogP contribution >= 0.6 is 0 Å². The van der Waals surface area contributed by atoms with Gasteiger partial charge in [0.05, 0.1) is 12.8 Å². The average Bonchev–Trinajstić information content (AvgIpc) is 2.30. The number of piperazine rings is 1. The van der Waals surface area contributed by atoms with Gasteiger partial charge < -0.3 is 14.5 Å². The fourth-order valence-corrected chi connectivity index (χ4v) is 2.51. The first-order valence-electron chi connectivity index (χ1n) is 6.20. The number of nitrogens with zero attached hydrogens (tertiary/aromatic N) is 2. The molecule has 1 aliphatic rings. The van der Waals surface area contributed by atoms with Crippen LogP contribution in [0.2, 0.25) is 0 Å². The van der Waals surface area contributed by atoms with Crippen LogP contribution in [0, 0.1) is 13.8 Å². The molecule has 0 atom stereocenters. The zero-order chi connectivity index (χ0) is 12.4. The molecule has 2 rings (SSSR count). The van der Waals surface area contributed by atoms with Crippen molar-refractivity contribution in [2.24, 2.45) is 0 Å². The molecule has 0 unspecified atom stereocenters. The van der Waals surface area contributed by atoms with E-state index >= 15 is 0 Å². The average molecular weight is 234 g/mol. The monoisotopic (exact) mass is 234 g/mol. The predicted octanol–water partition coefficient (Wildman–Crippen LogP) is 2.06. The van der Waals surface area contributed by atoms with Gasteiger partial charge in [0.25, 0.3) is 0 Å². The lowest BCUT2D eigenvalue weighted by atomic mass is 10.1. The summed E-state index contributed by atoms with van der Waals surface area (Å²) in [5.74, 6) is 1.01. The summed E-state index contributed by atoms with van der Waals surface area (Å²) < 4.78 is 5.53. The van der Waals surface area contributed by atoms with Gasteiger partial charge in [-0.15, -0.1) is 0 Å². The van der Waals surface area contributed by atoms with Crippen molar-refractivity contribution in [3.63, 3.8) is 0 Å². The minimum atomic E-state index is 1.01. The highest BCUT2D eigenvalue weighted by molar-refractivity contribution is 5.65. The van der Waals surface area contributed by atoms with E-state index in [1.807, 2.05) is 0 Å². The molecule has 0 amide bonds. The Labute approximate surface area is 104 Å². The largest absolute Gasteiger partial charge is 0.495 e. The summed E-state index contributed by atoms with van der Waals surface area (Å²) in [5.41, 5.74) is 3.84. The molecule has 0 N–H and O–H groups in total. The number of methoxy groups -OCH3 is 1. The number of rotatable bonds is 2. The third kappa shape index (κ3) is 2.55. The van der Waals surface area contributed by atoms with Gasteiger partial charge in [0.2, 0.25) is 0 Å². The van der Waals surface area contributed by atoms with Crippen molar-refractivity contribution in [2.45, 2.75) is 13.8 Å². The molecule has 0 aliphatic carbocycles. The zero-order valence-corrected chi connectivity index (χ0v) is 11.3. The van der Waals surface area contributed by atoms with Crippen molar-refractivity contribution in [1.29, 1.82) is 0 Å². The van der Waals surface area contributed by atoms with Gasteiger partial charge in [0, 0.05) is 26.2 Å². The third-order valence-corrected chi connectivity index (χ3v) is 3.45. The van der Waals surface area contributed by atoms with Crippen molar-refractivity contribution >= 4 is 5.69 Å². The molecule has 0 radical (unpaired) electrons. The van der Waals surface area contributed by atoms with E-state index in [-0.39, 0.29) is 0 Å². The Balaban J connectivity index is 2.31. The van der Waals surface area contributed by atoms with E-state index in [0.29, 0.717) is 0 Å². The lowest BCUT2D eigenvalue weighted by molar-refractivity contribution is 0.311. The Hall–Kier alpha value is -1.22. The van der Waals surface area contributed by atoms with E-state index in [1.54, 1.807) is 7.11 Å². The summed E-state index contributed by atoms with van der Waals surface area (Å²) in [6.45, 7) is 8.69. The molecule has 1 saturated heterocycles. The van der Waals surface area contributed by atoms with Crippen molar-refractivity contribution in [3.05, 3.63) is 23.3 Å². The van der Waals surface area contributed by atoms with Crippen LogP contribution in [-0.4, -0.2) is 45.2 Å². The van der Waals surface area contributed by atoms with Crippen LogP contribution in [-0.2, 0) is 0 Å². The molecule has 3 heteroatoms. The predicted molar refractivity (Wildman–Crippen MR) is 72.2 cm³/mol. The van der Waals surface area contributed by atoms with Crippen molar-refractivity contribution in [3.8, 4) is 5.75 Å². The van der Waals surface area contributed by atoms with Crippen LogP contribution in [0.15, 0.2) is 12.1 Å². The van der Waals surface area contributed by atoms with E-state index in [9.17, 15) is 0 Å². The molecule has 94 valence electrons. The van der Waals surface area contributed by atoms with E-state index < -0.39 is 0 Å². The molecule has 0 bridgehead atoms. The van der Waals surface area contributed by atoms with Crippen LogP contribution in [0.5, 0.6) is 5.75 Å². The summed E-state index contributed by atoms with van der Waals surface area (Å²) in [4.78, 5) is 4.81. The second kappa shape index (κ2) is 4.96. The second-order valence-corrected chi connectivity index (χ2v) is 4.92. The highest BCUT2D eigenvalue weighted by Crippen LogP contribution is 2.33. The van der Waals surface area contributed by atoms with E-state index in [1.165, 1.54) is 16.8 Å². The lowest BCUT2D eigenvalue weighted by Crippen LogP contribution is -2.44. The molecular weight excluding hydrogens is 212 g/mol. The maximum Gasteiger partial charge on any atom is 0.142 e. The maximum atomic E-state index is 5.53. The Morgan fingerprint density at radius 2 is 1.71 bits per heavy atom. The summed E-state index contributed by atoms with van der Waals surface area (Å²) in [7, 11) is 3.93. The van der Waals surface area contributed by atoms with Crippen LogP contribution in [0.3, 0.4) is 0 Å². The summed E-state index contributed by atoms with van der Waals surface area (Å²) >= 11 is 0. The first-order chi connectivity index (χ1) is 8.11. The molecule has 0 saturated carbocycles. The number of ether oxygens (including phenoxy) is 1. The molecule has 1 aromatic rings. The van der Waals surface area contributed by atoms with Gasteiger partial charge in [-0.25, -0.2) is 0 Å². The normalized spacial score (nSPS) is 17.3. The number of anilines is 1. The topological polar surface area (TPSA) is 15.7 Å². The molecular formula is C14H22N2O. The van der Waals surface area contributed by atoms with Crippen LogP contribution in [0.25, 0.3) is 0 Å². The number of benzene rings is 1. The molecule has 1 aromatic carbocycles. The number of hydrogen-bond acceptors (Lipinski definition) is 3. The minimum absolute atomic E-state index is 1.01. The first-order valence-corrected chi connectivity index (χ1v) is 6.20. The zero-order valence-electron chi connectivity index (χ0n) is 11.3. The van der Waals surface area contributed by atoms with E-state index in [4.69, 9.17) is 4.74 Å². The molecule has 1 heterocycles. The maximum absolute atomic E-state index is 5.53. The highest BCUT2D eigenvalue weighted by Gasteiger charge is 2.19. The Morgan fingerprint density at radius 3 is 2.29 bits per heavy atom.